The van der Waals surface area contributed by atoms with Crippen LogP contribution in [0.25, 0.3) is 0 Å². The third-order valence-corrected chi connectivity index (χ3v) is 6.52. The van der Waals surface area contributed by atoms with Crippen LogP contribution in [0.5, 0.6) is 0 Å². The molecule has 2 aromatic carbocycles. The molecule has 0 aliphatic heterocycles. The van der Waals surface area contributed by atoms with Crippen molar-refractivity contribution < 1.29 is 39.1 Å². The number of carbonyl (C=O) groups is 2. The molecular formula is C25H29INO4-. The van der Waals surface area contributed by atoms with E-state index in [0.717, 1.165) is 16.4 Å². The molecule has 31 heavy (non-hydrogen) atoms. The first-order chi connectivity index (χ1) is 14.6. The third kappa shape index (κ3) is 7.24. The molecule has 0 aromatic heterocycles. The van der Waals surface area contributed by atoms with Gasteiger partial charge in [0.15, 0.2) is 0 Å². The molecule has 0 atom stereocenters. The summed E-state index contributed by atoms with van der Waals surface area (Å²) in [7, 11) is 0. The van der Waals surface area contributed by atoms with Gasteiger partial charge < -0.3 is 4.84 Å². The van der Waals surface area contributed by atoms with Crippen LogP contribution in [0.2, 0.25) is 0 Å². The molecule has 6 heteroatoms. The number of alkyl halides is 1. The van der Waals surface area contributed by atoms with Crippen molar-refractivity contribution in [3.05, 3.63) is 89.5 Å². The van der Waals surface area contributed by atoms with E-state index in [4.69, 9.17) is 7.90 Å². The number of nitrogens with one attached hydrogen (secondary N) is 1. The average molecular weight is 534 g/mol. The molecule has 166 valence electrons. The number of rotatable bonds is 10. The maximum atomic E-state index is 11.5. The van der Waals surface area contributed by atoms with Gasteiger partial charge in [-0.1, -0.05) is 6.58 Å². The van der Waals surface area contributed by atoms with Gasteiger partial charge in [-0.3, -0.25) is 0 Å². The van der Waals surface area contributed by atoms with Gasteiger partial charge in [-0.05, 0) is 6.92 Å². The number of benzene rings is 2. The van der Waals surface area contributed by atoms with Crippen molar-refractivity contribution >= 4 is 17.6 Å². The molecule has 0 aliphatic rings. The second kappa shape index (κ2) is 11.1. The topological polar surface area (TPSA) is 64.6 Å². The Morgan fingerprint density at radius 1 is 0.903 bits per heavy atom. The molecule has 0 spiro atoms. The maximum absolute atomic E-state index is 11.5. The van der Waals surface area contributed by atoms with E-state index in [1.165, 1.54) is 11.1 Å². The molecule has 0 aliphatic carbocycles. The summed E-state index contributed by atoms with van der Waals surface area (Å²) in [6.07, 6.45) is 0.890. The number of carbonyl (C=O) groups excluding carboxylic acids is 2. The molecule has 0 bridgehead atoms. The second-order valence-electron chi connectivity index (χ2n) is 7.86. The summed E-state index contributed by atoms with van der Waals surface area (Å²) in [4.78, 5) is 27.9. The standard InChI is InChI=1S/C25H29INO4/c1-17(2)23(28)30-26-16-15-19-7-9-20(10-8-19)25(5,6)21-11-13-22(14-12-21)27-31-24(29)18(3)4/h7-14,27H,1,3,15-16H2,2,4-6H3/q-1. The molecular weight excluding hydrogens is 505 g/mol. The SMILES string of the molecule is C=C(C)C(=O)ONc1ccc(C(C)(C)c2ccc(CC[I-]OC(=O)C(=C)C)cc2)cc1. The van der Waals surface area contributed by atoms with E-state index in [2.05, 4.69) is 56.8 Å². The molecule has 0 heterocycles. The summed E-state index contributed by atoms with van der Waals surface area (Å²) in [6, 6.07) is 16.4. The van der Waals surface area contributed by atoms with Crippen LogP contribution in [0.15, 0.2) is 72.8 Å². The van der Waals surface area contributed by atoms with E-state index < -0.39 is 27.6 Å². The minimum absolute atomic E-state index is 0.185. The molecule has 1 N–H and O–H groups in total. The Kier molecular flexibility index (Phi) is 8.86. The van der Waals surface area contributed by atoms with Crippen LogP contribution in [0.1, 0.15) is 44.4 Å². The van der Waals surface area contributed by atoms with Crippen LogP contribution in [0, 0.1) is 0 Å². The van der Waals surface area contributed by atoms with Crippen molar-refractivity contribution in [1.82, 2.24) is 0 Å². The number of halogens is 1. The summed E-state index contributed by atoms with van der Waals surface area (Å²) in [5, 5.41) is 0. The van der Waals surface area contributed by atoms with Gasteiger partial charge in [-0.2, -0.15) is 0 Å². The Labute approximate surface area is 195 Å². The van der Waals surface area contributed by atoms with Crippen LogP contribution in [-0.2, 0) is 29.3 Å². The predicted molar refractivity (Wildman–Crippen MR) is 119 cm³/mol. The number of aryl methyl sites for hydroxylation is 1. The average Bonchev–Trinajstić information content (AvgIpc) is 2.75. The number of hydrogen-bond donors (Lipinski definition) is 1. The molecule has 2 aromatic rings. The quantitative estimate of drug-likeness (QED) is 0.167. The van der Waals surface area contributed by atoms with Crippen LogP contribution >= 0.6 is 0 Å². The van der Waals surface area contributed by atoms with E-state index in [-0.39, 0.29) is 11.4 Å². The first kappa shape index (κ1) is 24.7. The number of hydrogen-bond acceptors (Lipinski definition) is 5. The zero-order valence-electron chi connectivity index (χ0n) is 18.5. The Morgan fingerprint density at radius 2 is 1.42 bits per heavy atom. The summed E-state index contributed by atoms with van der Waals surface area (Å²) in [5.74, 6) is -0.777. The Morgan fingerprint density at radius 3 is 1.94 bits per heavy atom. The fraction of sp³-hybridized carbons (Fsp3) is 0.280. The van der Waals surface area contributed by atoms with Crippen molar-refractivity contribution in [2.75, 3.05) is 9.91 Å². The Balaban J connectivity index is 1.95. The summed E-state index contributed by atoms with van der Waals surface area (Å²) in [6.45, 7) is 14.8. The fourth-order valence-corrected chi connectivity index (χ4v) is 4.43. The van der Waals surface area contributed by atoms with E-state index in [0.29, 0.717) is 16.8 Å². The zero-order valence-corrected chi connectivity index (χ0v) is 20.6. The second-order valence-corrected chi connectivity index (χ2v) is 10.0. The van der Waals surface area contributed by atoms with Gasteiger partial charge in [0.25, 0.3) is 0 Å². The molecule has 0 fully saturated rings. The van der Waals surface area contributed by atoms with Gasteiger partial charge in [-0.15, -0.1) is 0 Å². The molecule has 5 nitrogen and oxygen atoms in total. The van der Waals surface area contributed by atoms with Crippen molar-refractivity contribution in [3.8, 4) is 0 Å². The zero-order chi connectivity index (χ0) is 23.0. The summed E-state index contributed by atoms with van der Waals surface area (Å²) >= 11 is -0.610. The van der Waals surface area contributed by atoms with Gasteiger partial charge in [0.1, 0.15) is 0 Å². The Bertz CT molecular complexity index is 946. The van der Waals surface area contributed by atoms with Crippen molar-refractivity contribution in [1.29, 1.82) is 0 Å². The van der Waals surface area contributed by atoms with Crippen LogP contribution < -0.4 is 27.1 Å². The molecule has 2 rings (SSSR count). The molecule has 0 saturated carbocycles. The Hall–Kier alpha value is -2.61. The summed E-state index contributed by atoms with van der Waals surface area (Å²) in [5.41, 5.74) is 7.52. The van der Waals surface area contributed by atoms with Gasteiger partial charge in [0.05, 0.1) is 0 Å². The van der Waals surface area contributed by atoms with Crippen molar-refractivity contribution in [3.63, 3.8) is 0 Å². The van der Waals surface area contributed by atoms with Crippen molar-refractivity contribution in [2.45, 2.75) is 39.5 Å². The number of anilines is 1. The van der Waals surface area contributed by atoms with Crippen LogP contribution in [0.4, 0.5) is 5.69 Å². The normalized spacial score (nSPS) is 11.0. The minimum atomic E-state index is -0.610. The van der Waals surface area contributed by atoms with E-state index >= 15 is 0 Å². The van der Waals surface area contributed by atoms with E-state index in [9.17, 15) is 9.59 Å². The first-order valence-corrected chi connectivity index (χ1v) is 12.3. The molecule has 0 amide bonds. The van der Waals surface area contributed by atoms with Crippen LogP contribution in [0.3, 0.4) is 0 Å². The van der Waals surface area contributed by atoms with E-state index in [1.807, 2.05) is 24.3 Å². The van der Waals surface area contributed by atoms with Gasteiger partial charge >= 0.3 is 167 Å². The van der Waals surface area contributed by atoms with Gasteiger partial charge in [0.2, 0.25) is 0 Å². The fourth-order valence-electron chi connectivity index (χ4n) is 2.70. The van der Waals surface area contributed by atoms with Crippen LogP contribution in [-0.4, -0.2) is 16.4 Å². The molecule has 0 radical (unpaired) electrons. The van der Waals surface area contributed by atoms with Gasteiger partial charge in [0, 0.05) is 5.57 Å². The monoisotopic (exact) mass is 534 g/mol. The molecule has 0 saturated heterocycles. The first-order valence-electron chi connectivity index (χ1n) is 9.90. The van der Waals surface area contributed by atoms with Crippen molar-refractivity contribution in [2.24, 2.45) is 0 Å². The predicted octanol–water partition coefficient (Wildman–Crippen LogP) is 2.12. The van der Waals surface area contributed by atoms with Gasteiger partial charge in [-0.25, -0.2) is 4.79 Å². The summed E-state index contributed by atoms with van der Waals surface area (Å²) < 4.78 is 6.13. The third-order valence-electron chi connectivity index (χ3n) is 4.83. The molecule has 0 unspecified atom stereocenters. The van der Waals surface area contributed by atoms with E-state index in [1.54, 1.807) is 13.8 Å².